The molecule has 2 rings (SSSR count). The summed E-state index contributed by atoms with van der Waals surface area (Å²) < 4.78 is 3.15. The van der Waals surface area contributed by atoms with Crippen molar-refractivity contribution in [2.24, 2.45) is 0 Å². The van der Waals surface area contributed by atoms with Crippen LogP contribution in [0, 0.1) is 13.8 Å². The van der Waals surface area contributed by atoms with E-state index in [1.54, 1.807) is 45.0 Å². The third kappa shape index (κ3) is 5.66. The van der Waals surface area contributed by atoms with Crippen molar-refractivity contribution in [2.75, 3.05) is 11.9 Å². The SMILES string of the molecule is CCOC(=O)c1c(N[C@@H](NC(=O)c2ccccc2C)C(Cl)(Cl)Cl)sc(C(C)=O)c1C. The number of aryl methyl sites for hydroxylation is 1. The molecule has 0 aliphatic rings. The molecule has 0 aliphatic carbocycles. The van der Waals surface area contributed by atoms with E-state index in [2.05, 4.69) is 10.6 Å². The second-order valence-electron chi connectivity index (χ2n) is 6.44. The molecule has 0 unspecified atom stereocenters. The smallest absolute Gasteiger partial charge is 0.341 e. The summed E-state index contributed by atoms with van der Waals surface area (Å²) in [6.07, 6.45) is -1.19. The fourth-order valence-electron chi connectivity index (χ4n) is 2.77. The molecule has 0 bridgehead atoms. The maximum absolute atomic E-state index is 12.7. The van der Waals surface area contributed by atoms with Crippen LogP contribution in [0.1, 0.15) is 55.4 Å². The van der Waals surface area contributed by atoms with Crippen molar-refractivity contribution in [3.05, 3.63) is 51.4 Å². The van der Waals surface area contributed by atoms with Crippen molar-refractivity contribution in [1.29, 1.82) is 0 Å². The molecular formula is C20H21Cl3N2O4S. The lowest BCUT2D eigenvalue weighted by atomic mass is 10.1. The molecule has 2 N–H and O–H groups in total. The lowest BCUT2D eigenvalue weighted by Gasteiger charge is -2.27. The first-order chi connectivity index (χ1) is 14.0. The molecule has 0 spiro atoms. The number of thiophene rings is 1. The van der Waals surface area contributed by atoms with Gasteiger partial charge >= 0.3 is 5.97 Å². The molecule has 1 aromatic heterocycles. The Morgan fingerprint density at radius 3 is 2.33 bits per heavy atom. The minimum atomic E-state index is -1.96. The average molecular weight is 492 g/mol. The zero-order valence-corrected chi connectivity index (χ0v) is 19.9. The van der Waals surface area contributed by atoms with Crippen LogP contribution in [0.2, 0.25) is 0 Å². The standard InChI is InChI=1S/C20H21Cl3N2O4S/c1-5-29-18(28)14-11(3)15(12(4)26)30-17(14)25-19(20(21,22)23)24-16(27)13-9-7-6-8-10(13)2/h6-9,19,25H,5H2,1-4H3,(H,24,27)/t19-/m1/s1. The van der Waals surface area contributed by atoms with Gasteiger partial charge in [-0.1, -0.05) is 53.0 Å². The highest BCUT2D eigenvalue weighted by Crippen LogP contribution is 2.38. The Bertz CT molecular complexity index is 969. The fraction of sp³-hybridized carbons (Fsp3) is 0.350. The van der Waals surface area contributed by atoms with Crippen molar-refractivity contribution in [3.63, 3.8) is 0 Å². The van der Waals surface area contributed by atoms with Gasteiger partial charge in [0.1, 0.15) is 11.2 Å². The second-order valence-corrected chi connectivity index (χ2v) is 9.83. The summed E-state index contributed by atoms with van der Waals surface area (Å²) in [5.41, 5.74) is 1.78. The molecule has 1 amide bonds. The number of hydrogen-bond donors (Lipinski definition) is 2. The van der Waals surface area contributed by atoms with E-state index >= 15 is 0 Å². The van der Waals surface area contributed by atoms with E-state index in [-0.39, 0.29) is 23.0 Å². The monoisotopic (exact) mass is 490 g/mol. The first kappa shape index (κ1) is 24.5. The molecule has 1 atom stereocenters. The summed E-state index contributed by atoms with van der Waals surface area (Å²) in [5.74, 6) is -1.30. The van der Waals surface area contributed by atoms with Gasteiger partial charge < -0.3 is 15.4 Å². The molecule has 10 heteroatoms. The quantitative estimate of drug-likeness (QED) is 0.238. The number of carbonyl (C=O) groups is 3. The molecule has 162 valence electrons. The zero-order valence-electron chi connectivity index (χ0n) is 16.8. The number of hydrogen-bond acceptors (Lipinski definition) is 6. The van der Waals surface area contributed by atoms with E-state index in [9.17, 15) is 14.4 Å². The van der Waals surface area contributed by atoms with Crippen LogP contribution in [0.3, 0.4) is 0 Å². The van der Waals surface area contributed by atoms with Crippen molar-refractivity contribution < 1.29 is 19.1 Å². The molecule has 30 heavy (non-hydrogen) atoms. The number of halogens is 3. The molecule has 1 heterocycles. The number of anilines is 1. The summed E-state index contributed by atoms with van der Waals surface area (Å²) in [6, 6.07) is 6.96. The number of amides is 1. The Morgan fingerprint density at radius 2 is 1.80 bits per heavy atom. The first-order valence-electron chi connectivity index (χ1n) is 8.98. The molecule has 0 saturated carbocycles. The van der Waals surface area contributed by atoms with E-state index in [0.29, 0.717) is 16.0 Å². The number of nitrogens with one attached hydrogen (secondary N) is 2. The molecule has 0 fully saturated rings. The number of esters is 1. The Labute approximate surface area is 193 Å². The van der Waals surface area contributed by atoms with Gasteiger partial charge in [0.2, 0.25) is 3.79 Å². The Morgan fingerprint density at radius 1 is 1.17 bits per heavy atom. The largest absolute Gasteiger partial charge is 0.462 e. The van der Waals surface area contributed by atoms with Crippen molar-refractivity contribution in [1.82, 2.24) is 5.32 Å². The minimum Gasteiger partial charge on any atom is -0.462 e. The van der Waals surface area contributed by atoms with E-state index in [4.69, 9.17) is 39.5 Å². The topological polar surface area (TPSA) is 84.5 Å². The van der Waals surface area contributed by atoms with Crippen molar-refractivity contribution >= 4 is 68.8 Å². The molecule has 0 aliphatic heterocycles. The third-order valence-electron chi connectivity index (χ3n) is 4.21. The van der Waals surface area contributed by atoms with Crippen LogP contribution in [-0.2, 0) is 4.74 Å². The van der Waals surface area contributed by atoms with Gasteiger partial charge in [-0.05, 0) is 44.9 Å². The van der Waals surface area contributed by atoms with Gasteiger partial charge in [-0.15, -0.1) is 11.3 Å². The van der Waals surface area contributed by atoms with Crippen LogP contribution in [-0.4, -0.2) is 34.2 Å². The van der Waals surface area contributed by atoms with E-state index in [0.717, 1.165) is 16.9 Å². The van der Waals surface area contributed by atoms with Gasteiger partial charge in [0.15, 0.2) is 5.78 Å². The maximum Gasteiger partial charge on any atom is 0.341 e. The predicted molar refractivity (Wildman–Crippen MR) is 121 cm³/mol. The highest BCUT2D eigenvalue weighted by Gasteiger charge is 2.36. The van der Waals surface area contributed by atoms with E-state index in [1.807, 2.05) is 0 Å². The molecule has 6 nitrogen and oxygen atoms in total. The first-order valence-corrected chi connectivity index (χ1v) is 10.9. The second kappa shape index (κ2) is 10.0. The zero-order chi connectivity index (χ0) is 22.6. The van der Waals surface area contributed by atoms with E-state index < -0.39 is 21.8 Å². The summed E-state index contributed by atoms with van der Waals surface area (Å²) in [6.45, 7) is 6.64. The highest BCUT2D eigenvalue weighted by atomic mass is 35.6. The summed E-state index contributed by atoms with van der Waals surface area (Å²) in [4.78, 5) is 37.6. The average Bonchev–Trinajstić information content (AvgIpc) is 2.97. The summed E-state index contributed by atoms with van der Waals surface area (Å²) >= 11 is 19.3. The molecule has 2 aromatic rings. The fourth-order valence-corrected chi connectivity index (χ4v) is 4.21. The number of rotatable bonds is 7. The highest BCUT2D eigenvalue weighted by molar-refractivity contribution is 7.18. The van der Waals surface area contributed by atoms with Crippen LogP contribution < -0.4 is 10.6 Å². The molecule has 0 radical (unpaired) electrons. The van der Waals surface area contributed by atoms with Crippen molar-refractivity contribution in [3.8, 4) is 0 Å². The number of carbonyl (C=O) groups excluding carboxylic acids is 3. The van der Waals surface area contributed by atoms with Gasteiger partial charge in [0.05, 0.1) is 17.0 Å². The lowest BCUT2D eigenvalue weighted by Crippen LogP contribution is -2.49. The Kier molecular flexibility index (Phi) is 8.16. The molecule has 0 saturated heterocycles. The van der Waals surface area contributed by atoms with Gasteiger partial charge in [-0.25, -0.2) is 4.79 Å². The van der Waals surface area contributed by atoms with Gasteiger partial charge in [0.25, 0.3) is 5.91 Å². The number of ether oxygens (including phenoxy) is 1. The Balaban J connectivity index is 2.43. The van der Waals surface area contributed by atoms with Gasteiger partial charge in [-0.3, -0.25) is 9.59 Å². The predicted octanol–water partition coefficient (Wildman–Crippen LogP) is 5.28. The van der Waals surface area contributed by atoms with Crippen LogP contribution in [0.25, 0.3) is 0 Å². The van der Waals surface area contributed by atoms with Crippen LogP contribution >= 0.6 is 46.1 Å². The number of alkyl halides is 3. The van der Waals surface area contributed by atoms with Crippen LogP contribution in [0.4, 0.5) is 5.00 Å². The van der Waals surface area contributed by atoms with Crippen molar-refractivity contribution in [2.45, 2.75) is 37.7 Å². The molecular weight excluding hydrogens is 471 g/mol. The maximum atomic E-state index is 12.7. The number of ketones is 1. The van der Waals surface area contributed by atoms with E-state index in [1.165, 1.54) is 6.92 Å². The van der Waals surface area contributed by atoms with Gasteiger partial charge in [0, 0.05) is 5.56 Å². The van der Waals surface area contributed by atoms with Gasteiger partial charge in [-0.2, -0.15) is 0 Å². The number of Topliss-reactive ketones (excluding diaryl/α,β-unsaturated/α-hetero) is 1. The Hall–Kier alpha value is -1.80. The van der Waals surface area contributed by atoms with Crippen LogP contribution in [0.15, 0.2) is 24.3 Å². The van der Waals surface area contributed by atoms with Crippen LogP contribution in [0.5, 0.6) is 0 Å². The lowest BCUT2D eigenvalue weighted by molar-refractivity contribution is 0.0527. The normalized spacial score (nSPS) is 12.2. The number of benzene rings is 1. The minimum absolute atomic E-state index is 0.154. The summed E-state index contributed by atoms with van der Waals surface area (Å²) in [7, 11) is 0. The summed E-state index contributed by atoms with van der Waals surface area (Å²) in [5, 5.41) is 5.80. The molecule has 1 aromatic carbocycles. The third-order valence-corrected chi connectivity index (χ3v) is 6.19.